The van der Waals surface area contributed by atoms with Crippen molar-refractivity contribution in [2.24, 2.45) is 5.92 Å². The first-order chi connectivity index (χ1) is 13.1. The summed E-state index contributed by atoms with van der Waals surface area (Å²) in [6.07, 6.45) is 1.74. The Balaban J connectivity index is 1.49. The Bertz CT molecular complexity index is 777. The van der Waals surface area contributed by atoms with Crippen LogP contribution in [0.3, 0.4) is 0 Å². The Kier molecular flexibility index (Phi) is 6.30. The molecule has 0 aliphatic heterocycles. The summed E-state index contributed by atoms with van der Waals surface area (Å²) in [5, 5.41) is 11.9. The highest BCUT2D eigenvalue weighted by Crippen LogP contribution is 2.28. The van der Waals surface area contributed by atoms with Crippen LogP contribution >= 0.6 is 0 Å². The minimum atomic E-state index is -0.799. The van der Waals surface area contributed by atoms with Crippen LogP contribution in [0.25, 0.3) is 0 Å². The molecule has 3 rings (SSSR count). The fourth-order valence-electron chi connectivity index (χ4n) is 3.17. The number of hydrogen-bond donors (Lipinski definition) is 2. The van der Waals surface area contributed by atoms with Gasteiger partial charge in [-0.2, -0.15) is 0 Å². The molecule has 2 aromatic rings. The van der Waals surface area contributed by atoms with Gasteiger partial charge in [-0.15, -0.1) is 0 Å². The quantitative estimate of drug-likeness (QED) is 0.747. The van der Waals surface area contributed by atoms with Crippen LogP contribution in [0.15, 0.2) is 54.6 Å². The molecular weight excluding hydrogens is 346 g/mol. The van der Waals surface area contributed by atoms with E-state index in [-0.39, 0.29) is 24.5 Å². The molecule has 6 heteroatoms. The molecule has 0 spiro atoms. The highest BCUT2D eigenvalue weighted by molar-refractivity contribution is 5.78. The summed E-state index contributed by atoms with van der Waals surface area (Å²) >= 11 is 0. The van der Waals surface area contributed by atoms with Crippen LogP contribution in [0.4, 0.5) is 0 Å². The van der Waals surface area contributed by atoms with Gasteiger partial charge in [-0.3, -0.25) is 9.59 Å². The third kappa shape index (κ3) is 5.48. The van der Waals surface area contributed by atoms with E-state index in [0.717, 1.165) is 5.56 Å². The molecule has 0 aromatic heterocycles. The van der Waals surface area contributed by atoms with Crippen molar-refractivity contribution in [2.45, 2.75) is 31.9 Å². The molecule has 0 radical (unpaired) electrons. The van der Waals surface area contributed by atoms with Crippen molar-refractivity contribution in [3.8, 4) is 11.5 Å². The Morgan fingerprint density at radius 3 is 2.30 bits per heavy atom. The van der Waals surface area contributed by atoms with Crippen LogP contribution in [-0.4, -0.2) is 29.6 Å². The molecule has 2 N–H and O–H groups in total. The van der Waals surface area contributed by atoms with Gasteiger partial charge in [0.05, 0.1) is 5.92 Å². The van der Waals surface area contributed by atoms with Crippen LogP contribution in [0.2, 0.25) is 0 Å². The zero-order valence-corrected chi connectivity index (χ0v) is 15.0. The summed E-state index contributed by atoms with van der Waals surface area (Å²) in [5.41, 5.74) is 1.04. The Morgan fingerprint density at radius 1 is 0.963 bits per heavy atom. The lowest BCUT2D eigenvalue weighted by molar-refractivity contribution is -0.141. The number of benzene rings is 2. The number of rotatable bonds is 8. The van der Waals surface area contributed by atoms with E-state index in [1.165, 1.54) is 0 Å². The van der Waals surface area contributed by atoms with Crippen molar-refractivity contribution < 1.29 is 24.2 Å². The number of nitrogens with one attached hydrogen (secondary N) is 1. The number of aliphatic carboxylic acids is 1. The van der Waals surface area contributed by atoms with Crippen LogP contribution in [0.1, 0.15) is 24.8 Å². The van der Waals surface area contributed by atoms with E-state index >= 15 is 0 Å². The summed E-state index contributed by atoms with van der Waals surface area (Å²) in [6, 6.07) is 16.9. The number of hydrogen-bond acceptors (Lipinski definition) is 4. The Labute approximate surface area is 158 Å². The number of amides is 1. The monoisotopic (exact) mass is 369 g/mol. The summed E-state index contributed by atoms with van der Waals surface area (Å²) < 4.78 is 11.4. The molecule has 0 heterocycles. The van der Waals surface area contributed by atoms with E-state index in [1.54, 1.807) is 12.1 Å². The minimum Gasteiger partial charge on any atom is -0.485 e. The first-order valence-corrected chi connectivity index (χ1v) is 9.02. The van der Waals surface area contributed by atoms with Crippen molar-refractivity contribution in [1.29, 1.82) is 0 Å². The van der Waals surface area contributed by atoms with Gasteiger partial charge in [0.15, 0.2) is 18.1 Å². The molecule has 0 unspecified atom stereocenters. The van der Waals surface area contributed by atoms with Gasteiger partial charge in [0, 0.05) is 6.04 Å². The molecule has 1 saturated carbocycles. The van der Waals surface area contributed by atoms with E-state index < -0.39 is 5.97 Å². The third-order valence-electron chi connectivity index (χ3n) is 4.59. The molecule has 0 saturated heterocycles. The lowest BCUT2D eigenvalue weighted by Crippen LogP contribution is -2.36. The van der Waals surface area contributed by atoms with Gasteiger partial charge < -0.3 is 19.9 Å². The first-order valence-electron chi connectivity index (χ1n) is 9.02. The summed E-state index contributed by atoms with van der Waals surface area (Å²) in [4.78, 5) is 23.1. The normalized spacial score (nSPS) is 18.7. The number of para-hydroxylation sites is 2. The Hall–Kier alpha value is -3.02. The number of carbonyl (C=O) groups is 2. The lowest BCUT2D eigenvalue weighted by atomic mass is 10.1. The second-order valence-electron chi connectivity index (χ2n) is 6.62. The molecular formula is C21H23NO5. The molecule has 1 aliphatic carbocycles. The van der Waals surface area contributed by atoms with E-state index in [9.17, 15) is 9.59 Å². The molecule has 1 fully saturated rings. The molecule has 1 aliphatic rings. The molecule has 2 aromatic carbocycles. The van der Waals surface area contributed by atoms with E-state index in [2.05, 4.69) is 5.32 Å². The van der Waals surface area contributed by atoms with E-state index in [0.29, 0.717) is 37.4 Å². The molecule has 0 bridgehead atoms. The number of ether oxygens (including phenoxy) is 2. The molecule has 2 atom stereocenters. The molecule has 6 nitrogen and oxygen atoms in total. The van der Waals surface area contributed by atoms with Gasteiger partial charge in [-0.1, -0.05) is 42.5 Å². The van der Waals surface area contributed by atoms with Crippen molar-refractivity contribution in [3.63, 3.8) is 0 Å². The van der Waals surface area contributed by atoms with Gasteiger partial charge >= 0.3 is 5.97 Å². The predicted molar refractivity (Wildman–Crippen MR) is 99.6 cm³/mol. The summed E-state index contributed by atoms with van der Waals surface area (Å²) in [7, 11) is 0. The van der Waals surface area contributed by atoms with Gasteiger partial charge in [-0.05, 0) is 37.0 Å². The standard InChI is InChI=1S/C21H23NO5/c23-20(22-17-11-10-16(12-17)21(24)25)14-27-19-9-5-4-8-18(19)26-13-15-6-2-1-3-7-15/h1-9,16-17H,10-14H2,(H,22,23)(H,24,25)/t16-,17+/m1/s1. The second-order valence-corrected chi connectivity index (χ2v) is 6.62. The van der Waals surface area contributed by atoms with Gasteiger partial charge in [0.2, 0.25) is 0 Å². The average Bonchev–Trinajstić information content (AvgIpc) is 3.15. The maximum Gasteiger partial charge on any atom is 0.306 e. The zero-order chi connectivity index (χ0) is 19.1. The fourth-order valence-corrected chi connectivity index (χ4v) is 3.17. The molecule has 27 heavy (non-hydrogen) atoms. The van der Waals surface area contributed by atoms with Crippen LogP contribution < -0.4 is 14.8 Å². The maximum absolute atomic E-state index is 12.1. The Morgan fingerprint density at radius 2 is 1.63 bits per heavy atom. The van der Waals surface area contributed by atoms with Crippen molar-refractivity contribution >= 4 is 11.9 Å². The minimum absolute atomic E-state index is 0.105. The first kappa shape index (κ1) is 18.8. The van der Waals surface area contributed by atoms with E-state index in [1.807, 2.05) is 42.5 Å². The highest BCUT2D eigenvalue weighted by atomic mass is 16.5. The third-order valence-corrected chi connectivity index (χ3v) is 4.59. The molecule has 142 valence electrons. The van der Waals surface area contributed by atoms with Crippen molar-refractivity contribution in [2.75, 3.05) is 6.61 Å². The fraction of sp³-hybridized carbons (Fsp3) is 0.333. The van der Waals surface area contributed by atoms with Crippen LogP contribution in [0.5, 0.6) is 11.5 Å². The van der Waals surface area contributed by atoms with Gasteiger partial charge in [0.1, 0.15) is 6.61 Å². The maximum atomic E-state index is 12.1. The van der Waals surface area contributed by atoms with Gasteiger partial charge in [0.25, 0.3) is 5.91 Å². The second kappa shape index (κ2) is 9.07. The average molecular weight is 369 g/mol. The van der Waals surface area contributed by atoms with Crippen LogP contribution in [-0.2, 0) is 16.2 Å². The lowest BCUT2D eigenvalue weighted by Gasteiger charge is -2.15. The number of carbonyl (C=O) groups excluding carboxylic acids is 1. The van der Waals surface area contributed by atoms with Crippen molar-refractivity contribution in [3.05, 3.63) is 60.2 Å². The number of carboxylic acids is 1. The zero-order valence-electron chi connectivity index (χ0n) is 15.0. The topological polar surface area (TPSA) is 84.9 Å². The SMILES string of the molecule is O=C(COc1ccccc1OCc1ccccc1)N[C@H]1CC[C@@H](C(=O)O)C1. The largest absolute Gasteiger partial charge is 0.485 e. The van der Waals surface area contributed by atoms with Crippen molar-refractivity contribution in [1.82, 2.24) is 5.32 Å². The smallest absolute Gasteiger partial charge is 0.306 e. The summed E-state index contributed by atoms with van der Waals surface area (Å²) in [5.74, 6) is -0.362. The molecule has 1 amide bonds. The van der Waals surface area contributed by atoms with Crippen LogP contribution in [0, 0.1) is 5.92 Å². The highest BCUT2D eigenvalue weighted by Gasteiger charge is 2.30. The van der Waals surface area contributed by atoms with E-state index in [4.69, 9.17) is 14.6 Å². The van der Waals surface area contributed by atoms with Gasteiger partial charge in [-0.25, -0.2) is 0 Å². The summed E-state index contributed by atoms with van der Waals surface area (Å²) in [6.45, 7) is 0.270. The predicted octanol–water partition coefficient (Wildman–Crippen LogP) is 3.01. The number of carboxylic acid groups (broad SMARTS) is 1.